The molecule has 0 heterocycles. The van der Waals surface area contributed by atoms with Gasteiger partial charge in [-0.1, -0.05) is 51.4 Å². The summed E-state index contributed by atoms with van der Waals surface area (Å²) in [6.45, 7) is 0. The molecule has 0 aromatic rings. The zero-order chi connectivity index (χ0) is 8.36. The second-order valence-electron chi connectivity index (χ2n) is 2.93. The Morgan fingerprint density at radius 3 is 0.909 bits per heavy atom. The molecule has 2 heteroatoms. The molecule has 0 aromatic heterocycles. The summed E-state index contributed by atoms with van der Waals surface area (Å²) in [5, 5.41) is 7.36. The molecule has 1 saturated carbocycles. The van der Waals surface area contributed by atoms with Gasteiger partial charge in [-0.3, -0.25) is 0 Å². The normalized spacial score (nSPS) is 18.2. The van der Waals surface area contributed by atoms with Gasteiger partial charge in [0, 0.05) is 0 Å². The summed E-state index contributed by atoms with van der Waals surface area (Å²) in [6, 6.07) is 0. The quantitative estimate of drug-likeness (QED) is 0.435. The molecule has 0 unspecified atom stereocenters. The van der Waals surface area contributed by atoms with E-state index in [-0.39, 0.29) is 0 Å². The lowest BCUT2D eigenvalue weighted by atomic mass is 10.0. The Morgan fingerprint density at radius 2 is 0.818 bits per heavy atom. The first-order valence-electron chi connectivity index (χ1n) is 4.45. The van der Waals surface area contributed by atoms with Crippen LogP contribution in [0.5, 0.6) is 0 Å². The Morgan fingerprint density at radius 1 is 0.727 bits per heavy atom. The maximum Gasteiger partial charge on any atom is 0.0554 e. The van der Waals surface area contributed by atoms with Gasteiger partial charge >= 0.3 is 0 Å². The van der Waals surface area contributed by atoms with Gasteiger partial charge in [-0.25, -0.2) is 5.41 Å². The smallest absolute Gasteiger partial charge is 0.0554 e. The average Bonchev–Trinajstić information content (AvgIpc) is 1.86. The van der Waals surface area contributed by atoms with E-state index in [1.165, 1.54) is 51.4 Å². The van der Waals surface area contributed by atoms with E-state index in [2.05, 4.69) is 12.2 Å². The largest absolute Gasteiger partial charge is 0.248 e. The second-order valence-corrected chi connectivity index (χ2v) is 3.13. The number of rotatable bonds is 0. The Kier molecular flexibility index (Phi) is 9.62. The summed E-state index contributed by atoms with van der Waals surface area (Å²) in [7, 11) is 0. The van der Waals surface area contributed by atoms with Crippen LogP contribution in [-0.4, -0.2) is 5.16 Å². The van der Waals surface area contributed by atoms with Gasteiger partial charge in [0.15, 0.2) is 0 Å². The number of thiocarbonyl (C=S) groups is 1. The third-order valence-corrected chi connectivity index (χ3v) is 2.00. The second kappa shape index (κ2) is 9.80. The van der Waals surface area contributed by atoms with Crippen LogP contribution in [0.1, 0.15) is 51.4 Å². The lowest BCUT2D eigenvalue weighted by Crippen LogP contribution is -1.85. The topological polar surface area (TPSA) is 23.9 Å². The average molecular weight is 171 g/mol. The molecule has 0 atom stereocenters. The van der Waals surface area contributed by atoms with Crippen LogP contribution in [0.2, 0.25) is 0 Å². The third-order valence-electron chi connectivity index (χ3n) is 2.00. The zero-order valence-corrected chi connectivity index (χ0v) is 7.88. The number of nitrogens with one attached hydrogen (secondary N) is 1. The van der Waals surface area contributed by atoms with E-state index in [4.69, 9.17) is 5.41 Å². The highest BCUT2D eigenvalue weighted by molar-refractivity contribution is 7.78. The first kappa shape index (κ1) is 10.8. The number of isothiocyanates is 1. The van der Waals surface area contributed by atoms with E-state index in [1.807, 2.05) is 0 Å². The molecule has 1 N–H and O–H groups in total. The van der Waals surface area contributed by atoms with Crippen molar-refractivity contribution < 1.29 is 0 Å². The predicted octanol–water partition coefficient (Wildman–Crippen LogP) is 3.79. The van der Waals surface area contributed by atoms with Gasteiger partial charge in [0.2, 0.25) is 0 Å². The molecule has 0 amide bonds. The summed E-state index contributed by atoms with van der Waals surface area (Å²) >= 11 is 3.81. The van der Waals surface area contributed by atoms with E-state index in [1.54, 1.807) is 5.16 Å². The molecule has 0 spiro atoms. The lowest BCUT2D eigenvalue weighted by Gasteiger charge is -2.05. The maximum absolute atomic E-state index is 5.77. The molecule has 11 heavy (non-hydrogen) atoms. The molecule has 0 bridgehead atoms. The Labute approximate surface area is 74.7 Å². The van der Waals surface area contributed by atoms with Gasteiger partial charge in [0.1, 0.15) is 0 Å². The minimum absolute atomic E-state index is 1.50. The molecular weight excluding hydrogens is 154 g/mol. The highest BCUT2D eigenvalue weighted by atomic mass is 32.1. The van der Waals surface area contributed by atoms with E-state index in [9.17, 15) is 0 Å². The minimum atomic E-state index is 1.50. The predicted molar refractivity (Wildman–Crippen MR) is 52.3 cm³/mol. The van der Waals surface area contributed by atoms with Crippen molar-refractivity contribution in [2.24, 2.45) is 0 Å². The van der Waals surface area contributed by atoms with Crippen LogP contribution in [-0.2, 0) is 0 Å². The monoisotopic (exact) mass is 171 g/mol. The van der Waals surface area contributed by atoms with Gasteiger partial charge in [-0.2, -0.15) is 0 Å². The summed E-state index contributed by atoms with van der Waals surface area (Å²) in [5.41, 5.74) is 0. The van der Waals surface area contributed by atoms with E-state index < -0.39 is 0 Å². The summed E-state index contributed by atoms with van der Waals surface area (Å²) in [5.74, 6) is 0. The van der Waals surface area contributed by atoms with Crippen molar-refractivity contribution >= 4 is 17.4 Å². The third kappa shape index (κ3) is 9.80. The van der Waals surface area contributed by atoms with Crippen LogP contribution in [0.25, 0.3) is 0 Å². The molecule has 0 saturated heterocycles. The first-order valence-corrected chi connectivity index (χ1v) is 4.86. The fourth-order valence-corrected chi connectivity index (χ4v) is 1.41. The summed E-state index contributed by atoms with van der Waals surface area (Å²) in [4.78, 5) is 0. The summed E-state index contributed by atoms with van der Waals surface area (Å²) < 4.78 is 0. The van der Waals surface area contributed by atoms with E-state index in [0.717, 1.165) is 0 Å². The van der Waals surface area contributed by atoms with Crippen molar-refractivity contribution in [3.63, 3.8) is 0 Å². The molecule has 0 radical (unpaired) electrons. The van der Waals surface area contributed by atoms with Crippen molar-refractivity contribution in [2.45, 2.75) is 51.4 Å². The fourth-order valence-electron chi connectivity index (χ4n) is 1.41. The zero-order valence-electron chi connectivity index (χ0n) is 7.07. The van der Waals surface area contributed by atoms with Crippen molar-refractivity contribution in [1.82, 2.24) is 0 Å². The van der Waals surface area contributed by atoms with Crippen molar-refractivity contribution in [3.8, 4) is 0 Å². The molecule has 1 nitrogen and oxygen atoms in total. The highest BCUT2D eigenvalue weighted by Gasteiger charge is 1.95. The molecule has 1 aliphatic rings. The Bertz CT molecular complexity index is 82.1. The van der Waals surface area contributed by atoms with Gasteiger partial charge in [-0.05, 0) is 12.2 Å². The molecule has 0 aromatic carbocycles. The maximum atomic E-state index is 5.77. The van der Waals surface area contributed by atoms with Crippen molar-refractivity contribution in [3.05, 3.63) is 0 Å². The molecule has 64 valence electrons. The van der Waals surface area contributed by atoms with Crippen molar-refractivity contribution in [1.29, 1.82) is 5.41 Å². The molecule has 0 aliphatic heterocycles. The van der Waals surface area contributed by atoms with Gasteiger partial charge in [0.25, 0.3) is 0 Å². The van der Waals surface area contributed by atoms with Crippen LogP contribution in [0.3, 0.4) is 0 Å². The standard InChI is InChI=1S/C8H16.CHNS/c1-2-4-6-8-7-5-3-1;2-1-3/h1-8H2;2H. The molecule has 1 aliphatic carbocycles. The minimum Gasteiger partial charge on any atom is -0.248 e. The Hall–Kier alpha value is -0.200. The van der Waals surface area contributed by atoms with Crippen LogP contribution in [0.4, 0.5) is 0 Å². The lowest BCUT2D eigenvalue weighted by molar-refractivity contribution is 0.504. The van der Waals surface area contributed by atoms with Gasteiger partial charge < -0.3 is 0 Å². The van der Waals surface area contributed by atoms with E-state index >= 15 is 0 Å². The van der Waals surface area contributed by atoms with E-state index in [0.29, 0.717) is 0 Å². The highest BCUT2D eigenvalue weighted by Crippen LogP contribution is 2.15. The van der Waals surface area contributed by atoms with Crippen LogP contribution in [0, 0.1) is 5.41 Å². The van der Waals surface area contributed by atoms with Gasteiger partial charge in [-0.15, -0.1) is 0 Å². The Balaban J connectivity index is 0.000000292. The molecule has 1 fully saturated rings. The van der Waals surface area contributed by atoms with Crippen LogP contribution >= 0.6 is 12.2 Å². The number of hydrogen-bond donors (Lipinski definition) is 1. The van der Waals surface area contributed by atoms with Crippen molar-refractivity contribution in [2.75, 3.05) is 0 Å². The number of hydrogen-bond acceptors (Lipinski definition) is 2. The van der Waals surface area contributed by atoms with Crippen LogP contribution < -0.4 is 0 Å². The summed E-state index contributed by atoms with van der Waals surface area (Å²) in [6.07, 6.45) is 12.0. The van der Waals surface area contributed by atoms with Crippen LogP contribution in [0.15, 0.2) is 0 Å². The van der Waals surface area contributed by atoms with Gasteiger partial charge in [0.05, 0.1) is 5.16 Å². The molecule has 1 rings (SSSR count). The fraction of sp³-hybridized carbons (Fsp3) is 0.889. The SMILES string of the molecule is C1CCCCCCC1.N=C=S. The molecular formula is C9H17NS. The first-order chi connectivity index (χ1) is 5.41.